The number of nitrogens with zero attached hydrogens (tertiary/aromatic N) is 4. The van der Waals surface area contributed by atoms with Crippen LogP contribution in [0.2, 0.25) is 0 Å². The lowest BCUT2D eigenvalue weighted by molar-refractivity contribution is 0.0223. The third kappa shape index (κ3) is 3.85. The fourth-order valence-electron chi connectivity index (χ4n) is 3.66. The van der Waals surface area contributed by atoms with Crippen molar-refractivity contribution in [1.82, 2.24) is 19.4 Å². The third-order valence-electron chi connectivity index (χ3n) is 4.96. The molecule has 3 aromatic heterocycles. The number of ether oxygens (including phenoxy) is 1. The second kappa shape index (κ2) is 7.31. The molecule has 150 valence electrons. The van der Waals surface area contributed by atoms with Crippen molar-refractivity contribution in [2.75, 3.05) is 6.54 Å². The van der Waals surface area contributed by atoms with Crippen LogP contribution in [0.1, 0.15) is 37.5 Å². The lowest BCUT2D eigenvalue weighted by atomic mass is 9.97. The molecule has 0 unspecified atom stereocenters. The number of aromatic nitrogens is 3. The molecular weight excluding hydrogens is 368 g/mol. The Morgan fingerprint density at radius 2 is 1.90 bits per heavy atom. The van der Waals surface area contributed by atoms with Gasteiger partial charge in [-0.05, 0) is 62.6 Å². The van der Waals surface area contributed by atoms with Crippen LogP contribution < -0.4 is 5.56 Å². The van der Waals surface area contributed by atoms with Crippen molar-refractivity contribution in [3.05, 3.63) is 69.9 Å². The number of pyridine rings is 3. The van der Waals surface area contributed by atoms with Crippen molar-refractivity contribution in [1.29, 1.82) is 0 Å². The molecule has 0 bridgehead atoms. The molecule has 1 aliphatic heterocycles. The van der Waals surface area contributed by atoms with Crippen LogP contribution >= 0.6 is 0 Å². The standard InChI is InChI=1S/C22H24N4O3/c1-22(2,3)29-21(28)25-12-8-16-17-5-4-9-24-19(17)26(20(27)18(16)14-25)13-15-6-10-23-11-7-15/h4-7,9-11H,8,12-14H2,1-3H3. The molecule has 0 spiro atoms. The van der Waals surface area contributed by atoms with Gasteiger partial charge in [0.15, 0.2) is 0 Å². The average molecular weight is 392 g/mol. The predicted octanol–water partition coefficient (Wildman–Crippen LogP) is 3.13. The molecule has 7 nitrogen and oxygen atoms in total. The SMILES string of the molecule is CC(C)(C)OC(=O)N1CCc2c(c(=O)n(Cc3ccncc3)c3ncccc23)C1. The van der Waals surface area contributed by atoms with Gasteiger partial charge in [0.1, 0.15) is 11.2 Å². The second-order valence-electron chi connectivity index (χ2n) is 8.23. The first-order valence-corrected chi connectivity index (χ1v) is 9.69. The van der Waals surface area contributed by atoms with E-state index < -0.39 is 11.7 Å². The van der Waals surface area contributed by atoms with Crippen LogP contribution in [0.4, 0.5) is 4.79 Å². The number of hydrogen-bond donors (Lipinski definition) is 0. The lowest BCUT2D eigenvalue weighted by Crippen LogP contribution is -2.43. The Morgan fingerprint density at radius 3 is 2.62 bits per heavy atom. The van der Waals surface area contributed by atoms with E-state index in [0.29, 0.717) is 30.7 Å². The van der Waals surface area contributed by atoms with Gasteiger partial charge in [0.25, 0.3) is 5.56 Å². The molecule has 3 aromatic rings. The molecule has 0 atom stereocenters. The molecule has 4 heterocycles. The third-order valence-corrected chi connectivity index (χ3v) is 4.96. The number of carbonyl (C=O) groups is 1. The monoisotopic (exact) mass is 392 g/mol. The molecule has 0 aromatic carbocycles. The van der Waals surface area contributed by atoms with Crippen LogP contribution in [0, 0.1) is 0 Å². The van der Waals surface area contributed by atoms with E-state index in [-0.39, 0.29) is 12.1 Å². The summed E-state index contributed by atoms with van der Waals surface area (Å²) in [5.74, 6) is 0. The minimum Gasteiger partial charge on any atom is -0.444 e. The first-order valence-electron chi connectivity index (χ1n) is 9.69. The van der Waals surface area contributed by atoms with E-state index in [0.717, 1.165) is 16.5 Å². The number of hydrogen-bond acceptors (Lipinski definition) is 5. The summed E-state index contributed by atoms with van der Waals surface area (Å²) in [5, 5.41) is 0.958. The van der Waals surface area contributed by atoms with E-state index in [1.54, 1.807) is 28.1 Å². The summed E-state index contributed by atoms with van der Waals surface area (Å²) in [6, 6.07) is 7.64. The van der Waals surface area contributed by atoms with Crippen molar-refractivity contribution in [2.24, 2.45) is 0 Å². The molecule has 0 aliphatic carbocycles. The molecule has 29 heavy (non-hydrogen) atoms. The maximum absolute atomic E-state index is 13.4. The molecule has 1 aliphatic rings. The van der Waals surface area contributed by atoms with Crippen LogP contribution in [-0.4, -0.2) is 37.7 Å². The van der Waals surface area contributed by atoms with Gasteiger partial charge in [-0.1, -0.05) is 0 Å². The van der Waals surface area contributed by atoms with Gasteiger partial charge in [0.2, 0.25) is 0 Å². The van der Waals surface area contributed by atoms with Crippen LogP contribution in [0.5, 0.6) is 0 Å². The van der Waals surface area contributed by atoms with Crippen LogP contribution in [0.3, 0.4) is 0 Å². The summed E-state index contributed by atoms with van der Waals surface area (Å²) in [7, 11) is 0. The average Bonchev–Trinajstić information content (AvgIpc) is 2.70. The van der Waals surface area contributed by atoms with Crippen molar-refractivity contribution in [3.8, 4) is 0 Å². The summed E-state index contributed by atoms with van der Waals surface area (Å²) in [4.78, 5) is 36.1. The van der Waals surface area contributed by atoms with Crippen molar-refractivity contribution in [2.45, 2.75) is 45.9 Å². The van der Waals surface area contributed by atoms with Crippen LogP contribution in [0.25, 0.3) is 11.0 Å². The van der Waals surface area contributed by atoms with E-state index >= 15 is 0 Å². The van der Waals surface area contributed by atoms with Gasteiger partial charge < -0.3 is 9.64 Å². The van der Waals surface area contributed by atoms with Gasteiger partial charge in [-0.3, -0.25) is 14.3 Å². The normalized spacial score (nSPS) is 14.0. The van der Waals surface area contributed by atoms with Gasteiger partial charge in [-0.25, -0.2) is 9.78 Å². The number of carbonyl (C=O) groups excluding carboxylic acids is 1. The summed E-state index contributed by atoms with van der Waals surface area (Å²) in [5.41, 5.74) is 2.55. The molecule has 0 saturated heterocycles. The topological polar surface area (TPSA) is 77.3 Å². The fourth-order valence-corrected chi connectivity index (χ4v) is 3.66. The zero-order chi connectivity index (χ0) is 20.6. The minimum absolute atomic E-state index is 0.115. The Balaban J connectivity index is 1.78. The summed E-state index contributed by atoms with van der Waals surface area (Å²) >= 11 is 0. The highest BCUT2D eigenvalue weighted by Gasteiger charge is 2.29. The quantitative estimate of drug-likeness (QED) is 0.670. The first kappa shape index (κ1) is 19.1. The summed E-state index contributed by atoms with van der Waals surface area (Å²) in [6.07, 6.45) is 5.32. The number of amides is 1. The molecule has 0 saturated carbocycles. The summed E-state index contributed by atoms with van der Waals surface area (Å²) < 4.78 is 7.19. The highest BCUT2D eigenvalue weighted by atomic mass is 16.6. The van der Waals surface area contributed by atoms with Crippen LogP contribution in [-0.2, 0) is 24.2 Å². The van der Waals surface area contributed by atoms with Crippen molar-refractivity contribution in [3.63, 3.8) is 0 Å². The fraction of sp³-hybridized carbons (Fsp3) is 0.364. The highest BCUT2D eigenvalue weighted by molar-refractivity contribution is 5.81. The zero-order valence-electron chi connectivity index (χ0n) is 16.9. The Kier molecular flexibility index (Phi) is 4.82. The van der Waals surface area contributed by atoms with Gasteiger partial charge >= 0.3 is 6.09 Å². The Hall–Kier alpha value is -3.22. The smallest absolute Gasteiger partial charge is 0.410 e. The molecular formula is C22H24N4O3. The van der Waals surface area contributed by atoms with E-state index in [1.807, 2.05) is 45.0 Å². The molecule has 1 amide bonds. The van der Waals surface area contributed by atoms with E-state index in [9.17, 15) is 9.59 Å². The van der Waals surface area contributed by atoms with Gasteiger partial charge in [-0.2, -0.15) is 0 Å². The molecule has 0 fully saturated rings. The van der Waals surface area contributed by atoms with Crippen molar-refractivity contribution >= 4 is 17.1 Å². The largest absolute Gasteiger partial charge is 0.444 e. The second-order valence-corrected chi connectivity index (χ2v) is 8.23. The maximum atomic E-state index is 13.4. The van der Waals surface area contributed by atoms with E-state index in [2.05, 4.69) is 9.97 Å². The van der Waals surface area contributed by atoms with Crippen molar-refractivity contribution < 1.29 is 9.53 Å². The first-order chi connectivity index (χ1) is 13.8. The Morgan fingerprint density at radius 1 is 1.14 bits per heavy atom. The molecule has 4 rings (SSSR count). The van der Waals surface area contributed by atoms with Gasteiger partial charge in [0.05, 0.1) is 13.1 Å². The Bertz CT molecular complexity index is 1120. The predicted molar refractivity (Wildman–Crippen MR) is 110 cm³/mol. The highest BCUT2D eigenvalue weighted by Crippen LogP contribution is 2.25. The molecule has 0 N–H and O–H groups in total. The maximum Gasteiger partial charge on any atom is 0.410 e. The lowest BCUT2D eigenvalue weighted by Gasteiger charge is -2.31. The van der Waals surface area contributed by atoms with E-state index in [1.165, 1.54) is 0 Å². The van der Waals surface area contributed by atoms with Gasteiger partial charge in [0, 0.05) is 36.1 Å². The van der Waals surface area contributed by atoms with Crippen LogP contribution in [0.15, 0.2) is 47.7 Å². The van der Waals surface area contributed by atoms with Gasteiger partial charge in [-0.15, -0.1) is 0 Å². The zero-order valence-corrected chi connectivity index (χ0v) is 16.9. The van der Waals surface area contributed by atoms with E-state index in [4.69, 9.17) is 4.74 Å². The molecule has 0 radical (unpaired) electrons. The summed E-state index contributed by atoms with van der Waals surface area (Å²) in [6.45, 7) is 6.66. The Labute approximate surface area is 169 Å². The minimum atomic E-state index is -0.577. The number of fused-ring (bicyclic) bond motifs is 3. The molecule has 7 heteroatoms. The number of rotatable bonds is 2.